The molecule has 0 spiro atoms. The zero-order chi connectivity index (χ0) is 21.2. The van der Waals surface area contributed by atoms with Crippen LogP contribution in [0, 0.1) is 12.8 Å². The van der Waals surface area contributed by atoms with E-state index in [9.17, 15) is 18.0 Å². The quantitative estimate of drug-likeness (QED) is 0.641. The third kappa shape index (κ3) is 4.52. The predicted molar refractivity (Wildman–Crippen MR) is 110 cm³/mol. The van der Waals surface area contributed by atoms with E-state index in [1.165, 1.54) is 15.6 Å². The highest BCUT2D eigenvalue weighted by Gasteiger charge is 2.32. The van der Waals surface area contributed by atoms with Gasteiger partial charge in [0.25, 0.3) is 15.9 Å². The third-order valence-corrected chi connectivity index (χ3v) is 9.36. The minimum atomic E-state index is -3.49. The first kappa shape index (κ1) is 21.9. The lowest BCUT2D eigenvalue weighted by atomic mass is 9.98. The number of hydrogen-bond donors (Lipinski definition) is 0. The van der Waals surface area contributed by atoms with Gasteiger partial charge < -0.3 is 9.30 Å². The summed E-state index contributed by atoms with van der Waals surface area (Å²) in [6, 6.07) is 3.30. The molecule has 0 aliphatic carbocycles. The molecule has 0 radical (unpaired) electrons. The summed E-state index contributed by atoms with van der Waals surface area (Å²) in [5, 5.41) is 1.73. The molecular weight excluding hydrogens is 434 g/mol. The van der Waals surface area contributed by atoms with Crippen molar-refractivity contribution in [2.75, 3.05) is 19.7 Å². The summed E-state index contributed by atoms with van der Waals surface area (Å²) >= 11 is 2.31. The van der Waals surface area contributed by atoms with Gasteiger partial charge in [0.15, 0.2) is 4.80 Å². The van der Waals surface area contributed by atoms with Gasteiger partial charge in [-0.2, -0.15) is 9.30 Å². The highest BCUT2D eigenvalue weighted by Crippen LogP contribution is 2.26. The van der Waals surface area contributed by atoms with Crippen molar-refractivity contribution in [2.45, 2.75) is 30.9 Å². The number of piperidine rings is 1. The largest absolute Gasteiger partial charge is 0.462 e. The highest BCUT2D eigenvalue weighted by atomic mass is 32.2. The van der Waals surface area contributed by atoms with Crippen LogP contribution in [0.25, 0.3) is 0 Å². The van der Waals surface area contributed by atoms with Gasteiger partial charge >= 0.3 is 5.97 Å². The van der Waals surface area contributed by atoms with Gasteiger partial charge in [-0.3, -0.25) is 4.79 Å². The molecule has 1 fully saturated rings. The van der Waals surface area contributed by atoms with Crippen LogP contribution in [0.1, 0.15) is 35.1 Å². The molecule has 158 valence electrons. The molecule has 0 unspecified atom stereocenters. The normalized spacial score (nSPS) is 16.9. The van der Waals surface area contributed by atoms with E-state index >= 15 is 0 Å². The van der Waals surface area contributed by atoms with E-state index in [-0.39, 0.29) is 31.5 Å². The third-order valence-electron chi connectivity index (χ3n) is 4.87. The molecule has 0 N–H and O–H groups in total. The fraction of sp³-hybridized carbons (Fsp3) is 0.500. The monoisotopic (exact) mass is 457 g/mol. The summed E-state index contributed by atoms with van der Waals surface area (Å²) in [7, 11) is -1.75. The lowest BCUT2D eigenvalue weighted by Crippen LogP contribution is -2.40. The molecule has 1 aliphatic rings. The number of aromatic nitrogens is 1. The Morgan fingerprint density at radius 2 is 2.00 bits per heavy atom. The number of rotatable bonds is 5. The Labute approximate surface area is 177 Å². The summed E-state index contributed by atoms with van der Waals surface area (Å²) < 4.78 is 33.7. The number of esters is 1. The number of carbonyl (C=O) groups excluding carboxylic acids is 2. The Kier molecular flexibility index (Phi) is 6.72. The molecule has 0 atom stereocenters. The predicted octanol–water partition coefficient (Wildman–Crippen LogP) is 2.16. The minimum Gasteiger partial charge on any atom is -0.462 e. The second-order valence-electron chi connectivity index (χ2n) is 6.64. The van der Waals surface area contributed by atoms with E-state index in [0.717, 1.165) is 11.3 Å². The molecule has 2 aromatic rings. The molecule has 8 nitrogen and oxygen atoms in total. The minimum absolute atomic E-state index is 0.276. The zero-order valence-corrected chi connectivity index (χ0v) is 18.9. The van der Waals surface area contributed by atoms with Gasteiger partial charge in [-0.05, 0) is 38.1 Å². The second-order valence-corrected chi connectivity index (χ2v) is 10.7. The van der Waals surface area contributed by atoms with Crippen molar-refractivity contribution in [3.63, 3.8) is 0 Å². The maximum Gasteiger partial charge on any atom is 0.350 e. The summed E-state index contributed by atoms with van der Waals surface area (Å²) in [4.78, 5) is 29.8. The number of thiazole rings is 1. The van der Waals surface area contributed by atoms with E-state index in [4.69, 9.17) is 4.74 Å². The second kappa shape index (κ2) is 8.90. The van der Waals surface area contributed by atoms with Crippen LogP contribution in [0.5, 0.6) is 0 Å². The number of nitrogens with zero attached hydrogens (tertiary/aromatic N) is 3. The first-order valence-corrected chi connectivity index (χ1v) is 12.3. The Morgan fingerprint density at radius 1 is 1.31 bits per heavy atom. The average molecular weight is 458 g/mol. The molecule has 0 aromatic carbocycles. The summed E-state index contributed by atoms with van der Waals surface area (Å²) in [6.07, 6.45) is 0.845. The number of ether oxygens (including phenoxy) is 1. The number of amides is 1. The molecule has 3 heterocycles. The molecule has 1 saturated heterocycles. The summed E-state index contributed by atoms with van der Waals surface area (Å²) in [5.74, 6) is -1.05. The fourth-order valence-electron chi connectivity index (χ4n) is 3.08. The topological polar surface area (TPSA) is 98.0 Å². The van der Waals surface area contributed by atoms with E-state index in [1.54, 1.807) is 43.0 Å². The van der Waals surface area contributed by atoms with Crippen molar-refractivity contribution in [3.8, 4) is 0 Å². The molecule has 29 heavy (non-hydrogen) atoms. The van der Waals surface area contributed by atoms with Crippen molar-refractivity contribution >= 4 is 44.6 Å². The van der Waals surface area contributed by atoms with E-state index in [2.05, 4.69) is 4.99 Å². The van der Waals surface area contributed by atoms with Crippen molar-refractivity contribution in [2.24, 2.45) is 18.0 Å². The van der Waals surface area contributed by atoms with Crippen molar-refractivity contribution in [1.82, 2.24) is 8.87 Å². The molecular formula is C18H23N3O5S3. The lowest BCUT2D eigenvalue weighted by Gasteiger charge is -2.29. The Bertz CT molecular complexity index is 1060. The smallest absolute Gasteiger partial charge is 0.350 e. The van der Waals surface area contributed by atoms with E-state index in [0.29, 0.717) is 32.4 Å². The lowest BCUT2D eigenvalue weighted by molar-refractivity contribution is -0.122. The first-order valence-electron chi connectivity index (χ1n) is 9.21. The standard InChI is InChI=1S/C18H23N3O5S3/c1-4-26-17(23)15-12(2)20(3)18(28-15)19-16(22)13-7-9-21(10-8-13)29(24,25)14-6-5-11-27-14/h5-6,11,13H,4,7-10H2,1-3H3. The van der Waals surface area contributed by atoms with Crippen LogP contribution in [-0.2, 0) is 26.6 Å². The first-order chi connectivity index (χ1) is 13.8. The number of carbonyl (C=O) groups is 2. The van der Waals surface area contributed by atoms with E-state index < -0.39 is 16.0 Å². The number of hydrogen-bond acceptors (Lipinski definition) is 7. The van der Waals surface area contributed by atoms with Gasteiger partial charge in [-0.25, -0.2) is 13.2 Å². The van der Waals surface area contributed by atoms with Crippen LogP contribution >= 0.6 is 22.7 Å². The van der Waals surface area contributed by atoms with Gasteiger partial charge in [0.05, 0.1) is 6.61 Å². The molecule has 1 aliphatic heterocycles. The van der Waals surface area contributed by atoms with Crippen LogP contribution in [0.15, 0.2) is 26.7 Å². The van der Waals surface area contributed by atoms with Crippen LogP contribution in [0.3, 0.4) is 0 Å². The summed E-state index contributed by atoms with van der Waals surface area (Å²) in [5.41, 5.74) is 0.692. The summed E-state index contributed by atoms with van der Waals surface area (Å²) in [6.45, 7) is 4.37. The highest BCUT2D eigenvalue weighted by molar-refractivity contribution is 7.91. The van der Waals surface area contributed by atoms with E-state index in [1.807, 2.05) is 0 Å². The maximum absolute atomic E-state index is 12.7. The Hall–Kier alpha value is -1.82. The van der Waals surface area contributed by atoms with Gasteiger partial charge in [0.2, 0.25) is 0 Å². The van der Waals surface area contributed by atoms with Crippen LogP contribution in [0.2, 0.25) is 0 Å². The Morgan fingerprint density at radius 3 is 2.59 bits per heavy atom. The van der Waals surface area contributed by atoms with Gasteiger partial charge in [-0.1, -0.05) is 17.4 Å². The van der Waals surface area contributed by atoms with Gasteiger partial charge in [0, 0.05) is 31.7 Å². The van der Waals surface area contributed by atoms with Crippen molar-refractivity contribution < 1.29 is 22.7 Å². The number of sulfonamides is 1. The van der Waals surface area contributed by atoms with Gasteiger partial charge in [0.1, 0.15) is 9.09 Å². The molecule has 3 rings (SSSR count). The van der Waals surface area contributed by atoms with Crippen LogP contribution in [-0.4, -0.2) is 48.9 Å². The van der Waals surface area contributed by atoms with Crippen LogP contribution in [0.4, 0.5) is 0 Å². The average Bonchev–Trinajstić information content (AvgIpc) is 3.33. The molecule has 0 saturated carbocycles. The molecule has 0 bridgehead atoms. The maximum atomic E-state index is 12.7. The van der Waals surface area contributed by atoms with Crippen LogP contribution < -0.4 is 4.80 Å². The van der Waals surface area contributed by atoms with Crippen molar-refractivity contribution in [1.29, 1.82) is 0 Å². The molecule has 11 heteroatoms. The Balaban J connectivity index is 1.72. The molecule has 1 amide bonds. The fourth-order valence-corrected chi connectivity index (χ4v) is 6.71. The number of thiophene rings is 1. The zero-order valence-electron chi connectivity index (χ0n) is 16.5. The van der Waals surface area contributed by atoms with Crippen molar-refractivity contribution in [3.05, 3.63) is 32.9 Å². The molecule has 2 aromatic heterocycles. The van der Waals surface area contributed by atoms with Gasteiger partial charge in [-0.15, -0.1) is 11.3 Å². The SMILES string of the molecule is CCOC(=O)c1sc(=NC(=O)C2CCN(S(=O)(=O)c3cccs3)CC2)n(C)c1C.